The van der Waals surface area contributed by atoms with Crippen LogP contribution in [0.2, 0.25) is 0 Å². The Morgan fingerprint density at radius 1 is 1.17 bits per heavy atom. The molecule has 1 saturated heterocycles. The molecule has 3 rings (SSSR count). The van der Waals surface area contributed by atoms with Gasteiger partial charge in [-0.1, -0.05) is 29.4 Å². The van der Waals surface area contributed by atoms with E-state index < -0.39 is 0 Å². The summed E-state index contributed by atoms with van der Waals surface area (Å²) in [7, 11) is 4.08. The number of hydrogen-bond acceptors (Lipinski definition) is 5. The number of carbonyl (C=O) groups excluding carboxylic acids is 2. The number of nitrogens with zero attached hydrogens (tertiary/aromatic N) is 3. The summed E-state index contributed by atoms with van der Waals surface area (Å²) in [6.07, 6.45) is 1.27. The van der Waals surface area contributed by atoms with Gasteiger partial charge in [-0.2, -0.15) is 0 Å². The van der Waals surface area contributed by atoms with E-state index in [1.54, 1.807) is 17.9 Å². The lowest BCUT2D eigenvalue weighted by atomic mass is 9.96. The van der Waals surface area contributed by atoms with Crippen LogP contribution in [0.5, 0.6) is 0 Å². The van der Waals surface area contributed by atoms with Crippen LogP contribution in [0.4, 0.5) is 10.6 Å². The van der Waals surface area contributed by atoms with Crippen molar-refractivity contribution < 1.29 is 14.1 Å². The van der Waals surface area contributed by atoms with Gasteiger partial charge in [0.25, 0.3) is 0 Å². The number of nitrogens with one attached hydrogen (secondary N) is 2. The fourth-order valence-corrected chi connectivity index (χ4v) is 3.42. The number of hydrogen-bond donors (Lipinski definition) is 2. The fraction of sp³-hybridized carbons (Fsp3) is 0.476. The lowest BCUT2D eigenvalue weighted by molar-refractivity contribution is -0.121. The quantitative estimate of drug-likeness (QED) is 0.779. The van der Waals surface area contributed by atoms with Gasteiger partial charge in [-0.3, -0.25) is 4.79 Å². The summed E-state index contributed by atoms with van der Waals surface area (Å²) in [5.74, 6) is 0.889. The zero-order valence-electron chi connectivity index (χ0n) is 17.3. The SMILES string of the molecule is Cc1cc(NC(=O)C2CCN(C(=O)NCc3ccc(CN(C)C)cc3)CC2)no1. The summed E-state index contributed by atoms with van der Waals surface area (Å²) in [5.41, 5.74) is 2.31. The molecule has 0 spiro atoms. The van der Waals surface area contributed by atoms with Crippen molar-refractivity contribution in [3.8, 4) is 0 Å². The van der Waals surface area contributed by atoms with Gasteiger partial charge < -0.3 is 25.0 Å². The Bertz CT molecular complexity index is 823. The van der Waals surface area contributed by atoms with Crippen LogP contribution in [0.1, 0.15) is 29.7 Å². The molecule has 2 aromatic rings. The molecule has 8 nitrogen and oxygen atoms in total. The molecule has 3 amide bonds. The van der Waals surface area contributed by atoms with E-state index >= 15 is 0 Å². The summed E-state index contributed by atoms with van der Waals surface area (Å²) in [6.45, 7) is 4.28. The van der Waals surface area contributed by atoms with Crippen LogP contribution < -0.4 is 10.6 Å². The van der Waals surface area contributed by atoms with Crippen molar-refractivity contribution in [2.24, 2.45) is 5.92 Å². The first-order valence-corrected chi connectivity index (χ1v) is 9.90. The molecular formula is C21H29N5O3. The maximum absolute atomic E-state index is 12.4. The highest BCUT2D eigenvalue weighted by atomic mass is 16.5. The van der Waals surface area contributed by atoms with E-state index in [9.17, 15) is 9.59 Å². The number of piperidine rings is 1. The van der Waals surface area contributed by atoms with Gasteiger partial charge in [0.15, 0.2) is 5.82 Å². The van der Waals surface area contributed by atoms with E-state index in [2.05, 4.69) is 32.8 Å². The molecule has 156 valence electrons. The molecule has 1 aliphatic heterocycles. The lowest BCUT2D eigenvalue weighted by Gasteiger charge is -2.31. The largest absolute Gasteiger partial charge is 0.360 e. The van der Waals surface area contributed by atoms with Gasteiger partial charge in [0.05, 0.1) is 0 Å². The van der Waals surface area contributed by atoms with Gasteiger partial charge in [0.2, 0.25) is 5.91 Å². The second-order valence-corrected chi connectivity index (χ2v) is 7.79. The predicted molar refractivity (Wildman–Crippen MR) is 110 cm³/mol. The molecule has 0 saturated carbocycles. The number of carbonyl (C=O) groups is 2. The Morgan fingerprint density at radius 2 is 1.83 bits per heavy atom. The molecule has 29 heavy (non-hydrogen) atoms. The summed E-state index contributed by atoms with van der Waals surface area (Å²) in [5, 5.41) is 9.53. The van der Waals surface area contributed by atoms with Crippen LogP contribution in [0.3, 0.4) is 0 Å². The van der Waals surface area contributed by atoms with Crippen molar-refractivity contribution in [1.82, 2.24) is 20.3 Å². The standard InChI is InChI=1S/C21H29N5O3/c1-15-12-19(24-29-15)23-20(27)18-8-10-26(11-9-18)21(28)22-13-16-4-6-17(7-5-16)14-25(2)3/h4-7,12,18H,8-11,13-14H2,1-3H3,(H,22,28)(H,23,24,27). The first-order valence-electron chi connectivity index (χ1n) is 9.90. The zero-order chi connectivity index (χ0) is 20.8. The van der Waals surface area contributed by atoms with Crippen LogP contribution in [-0.2, 0) is 17.9 Å². The van der Waals surface area contributed by atoms with Gasteiger partial charge in [-0.25, -0.2) is 4.79 Å². The highest BCUT2D eigenvalue weighted by molar-refractivity contribution is 5.91. The summed E-state index contributed by atoms with van der Waals surface area (Å²) in [4.78, 5) is 28.7. The maximum atomic E-state index is 12.4. The number of likely N-dealkylation sites (tertiary alicyclic amines) is 1. The minimum absolute atomic E-state index is 0.0730. The number of rotatable bonds is 6. The molecule has 1 aliphatic rings. The highest BCUT2D eigenvalue weighted by Gasteiger charge is 2.27. The zero-order valence-corrected chi connectivity index (χ0v) is 17.3. The molecule has 2 N–H and O–H groups in total. The highest BCUT2D eigenvalue weighted by Crippen LogP contribution is 2.19. The third-order valence-corrected chi connectivity index (χ3v) is 5.00. The first-order chi connectivity index (χ1) is 13.9. The maximum Gasteiger partial charge on any atom is 0.317 e. The van der Waals surface area contributed by atoms with E-state index in [-0.39, 0.29) is 17.9 Å². The van der Waals surface area contributed by atoms with Gasteiger partial charge in [0, 0.05) is 38.2 Å². The number of benzene rings is 1. The van der Waals surface area contributed by atoms with Crippen molar-refractivity contribution >= 4 is 17.8 Å². The minimum atomic E-state index is -0.125. The van der Waals surface area contributed by atoms with Crippen LogP contribution in [0.15, 0.2) is 34.9 Å². The molecule has 0 bridgehead atoms. The van der Waals surface area contributed by atoms with Crippen LogP contribution in [0.25, 0.3) is 0 Å². The van der Waals surface area contributed by atoms with Crippen LogP contribution >= 0.6 is 0 Å². The Morgan fingerprint density at radius 3 is 2.41 bits per heavy atom. The number of aryl methyl sites for hydroxylation is 1. The Kier molecular flexibility index (Phi) is 6.87. The Hall–Kier alpha value is -2.87. The van der Waals surface area contributed by atoms with E-state index in [4.69, 9.17) is 4.52 Å². The normalized spacial score (nSPS) is 14.8. The third-order valence-electron chi connectivity index (χ3n) is 5.00. The monoisotopic (exact) mass is 399 g/mol. The third kappa shape index (κ3) is 6.05. The van der Waals surface area contributed by atoms with E-state index in [0.717, 1.165) is 12.1 Å². The number of anilines is 1. The van der Waals surface area contributed by atoms with E-state index in [1.165, 1.54) is 5.56 Å². The average Bonchev–Trinajstić information content (AvgIpc) is 3.11. The molecule has 0 atom stereocenters. The molecule has 1 fully saturated rings. The molecule has 0 radical (unpaired) electrons. The van der Waals surface area contributed by atoms with Gasteiger partial charge in [0.1, 0.15) is 5.76 Å². The van der Waals surface area contributed by atoms with Crippen molar-refractivity contribution in [3.63, 3.8) is 0 Å². The van der Waals surface area contributed by atoms with E-state index in [1.807, 2.05) is 26.2 Å². The Balaban J connectivity index is 1.41. The number of urea groups is 1. The number of aromatic nitrogens is 1. The molecule has 2 heterocycles. The first kappa shape index (κ1) is 20.9. The molecule has 0 unspecified atom stereocenters. The second-order valence-electron chi connectivity index (χ2n) is 7.79. The summed E-state index contributed by atoms with van der Waals surface area (Å²) < 4.78 is 4.96. The smallest absolute Gasteiger partial charge is 0.317 e. The molecule has 8 heteroatoms. The van der Waals surface area contributed by atoms with Crippen molar-refractivity contribution in [3.05, 3.63) is 47.2 Å². The molecule has 1 aromatic heterocycles. The van der Waals surface area contributed by atoms with Crippen molar-refractivity contribution in [2.75, 3.05) is 32.5 Å². The number of amides is 3. The Labute approximate surface area is 171 Å². The lowest BCUT2D eigenvalue weighted by Crippen LogP contribution is -2.45. The van der Waals surface area contributed by atoms with Crippen LogP contribution in [-0.4, -0.2) is 54.1 Å². The minimum Gasteiger partial charge on any atom is -0.360 e. The average molecular weight is 399 g/mol. The van der Waals surface area contributed by atoms with Gasteiger partial charge in [-0.15, -0.1) is 0 Å². The molecular weight excluding hydrogens is 370 g/mol. The predicted octanol–water partition coefficient (Wildman–Crippen LogP) is 2.60. The summed E-state index contributed by atoms with van der Waals surface area (Å²) in [6, 6.07) is 9.85. The van der Waals surface area contributed by atoms with Gasteiger partial charge in [-0.05, 0) is 45.0 Å². The molecule has 0 aliphatic carbocycles. The second kappa shape index (κ2) is 9.56. The summed E-state index contributed by atoms with van der Waals surface area (Å²) >= 11 is 0. The van der Waals surface area contributed by atoms with E-state index in [0.29, 0.717) is 44.1 Å². The fourth-order valence-electron chi connectivity index (χ4n) is 3.42. The van der Waals surface area contributed by atoms with Crippen LogP contribution in [0, 0.1) is 12.8 Å². The van der Waals surface area contributed by atoms with Crippen molar-refractivity contribution in [2.45, 2.75) is 32.9 Å². The topological polar surface area (TPSA) is 90.7 Å². The van der Waals surface area contributed by atoms with Crippen molar-refractivity contribution in [1.29, 1.82) is 0 Å². The molecule has 1 aromatic carbocycles. The van der Waals surface area contributed by atoms with Gasteiger partial charge >= 0.3 is 6.03 Å².